The van der Waals surface area contributed by atoms with Crippen molar-refractivity contribution < 1.29 is 34.6 Å². The van der Waals surface area contributed by atoms with Crippen LogP contribution in [0, 0.1) is 10.1 Å². The molecule has 0 radical (unpaired) electrons. The van der Waals surface area contributed by atoms with Gasteiger partial charge in [-0.15, -0.1) is 0 Å². The molecule has 1 aliphatic carbocycles. The lowest BCUT2D eigenvalue weighted by Gasteiger charge is -2.19. The van der Waals surface area contributed by atoms with E-state index in [-0.39, 0.29) is 6.04 Å². The van der Waals surface area contributed by atoms with Crippen molar-refractivity contribution in [3.05, 3.63) is 32.9 Å². The molecule has 0 unspecified atom stereocenters. The summed E-state index contributed by atoms with van der Waals surface area (Å²) in [6.07, 6.45) is 1.50. The van der Waals surface area contributed by atoms with E-state index in [4.69, 9.17) is 0 Å². The van der Waals surface area contributed by atoms with E-state index < -0.39 is 57.6 Å². The molecular weight excluding hydrogens is 338 g/mol. The Hall–Kier alpha value is -3.37. The quantitative estimate of drug-likeness (QED) is 0.337. The minimum atomic E-state index is -1.65. The van der Waals surface area contributed by atoms with Gasteiger partial charge in [0.05, 0.1) is 16.7 Å². The van der Waals surface area contributed by atoms with Gasteiger partial charge in [0.25, 0.3) is 5.91 Å². The summed E-state index contributed by atoms with van der Waals surface area (Å²) < 4.78 is 0. The van der Waals surface area contributed by atoms with Gasteiger partial charge in [0.1, 0.15) is 0 Å². The standard InChI is InChI=1S/C14H15N3O8/c1-16(14(23)15-6-2-3-6)12(20)10-7(13(21)22)4-9(18)11(19)8(10)5-17(24)25/h4,6,18-19H,2-3,5H2,1H3,(H,15,23)(H,21,22). The highest BCUT2D eigenvalue weighted by atomic mass is 16.6. The molecular formula is C14H15N3O8. The molecule has 0 spiro atoms. The van der Waals surface area contributed by atoms with E-state index >= 15 is 0 Å². The molecule has 1 aliphatic rings. The average Bonchev–Trinajstić information content (AvgIpc) is 3.33. The number of hydrogen-bond acceptors (Lipinski definition) is 7. The fourth-order valence-electron chi connectivity index (χ4n) is 2.17. The summed E-state index contributed by atoms with van der Waals surface area (Å²) in [5.41, 5.74) is -2.17. The highest BCUT2D eigenvalue weighted by Gasteiger charge is 2.33. The fourth-order valence-corrected chi connectivity index (χ4v) is 2.17. The van der Waals surface area contributed by atoms with Crippen LogP contribution in [0.15, 0.2) is 6.07 Å². The monoisotopic (exact) mass is 353 g/mol. The zero-order chi connectivity index (χ0) is 18.9. The van der Waals surface area contributed by atoms with E-state index in [9.17, 15) is 39.8 Å². The number of aromatic carboxylic acids is 1. The number of carboxylic acids is 1. The Morgan fingerprint density at radius 2 is 1.96 bits per heavy atom. The van der Waals surface area contributed by atoms with Crippen molar-refractivity contribution >= 4 is 17.9 Å². The predicted molar refractivity (Wildman–Crippen MR) is 81.1 cm³/mol. The first-order chi connectivity index (χ1) is 11.6. The average molecular weight is 353 g/mol. The smallest absolute Gasteiger partial charge is 0.336 e. The number of nitrogens with one attached hydrogen (secondary N) is 1. The van der Waals surface area contributed by atoms with Gasteiger partial charge in [-0.2, -0.15) is 0 Å². The SMILES string of the molecule is CN(C(=O)NC1CC1)C(=O)c1c(C(=O)O)cc(O)c(O)c1C[N+](=O)[O-]. The van der Waals surface area contributed by atoms with Gasteiger partial charge in [-0.05, 0) is 18.9 Å². The first-order valence-electron chi connectivity index (χ1n) is 7.15. The molecule has 1 fully saturated rings. The van der Waals surface area contributed by atoms with E-state index in [1.807, 2.05) is 0 Å². The summed E-state index contributed by atoms with van der Waals surface area (Å²) in [6.45, 7) is -1.11. The fraction of sp³-hybridized carbons (Fsp3) is 0.357. The molecule has 0 aromatic heterocycles. The van der Waals surface area contributed by atoms with Crippen molar-refractivity contribution in [1.29, 1.82) is 0 Å². The van der Waals surface area contributed by atoms with E-state index in [1.54, 1.807) is 0 Å². The van der Waals surface area contributed by atoms with Gasteiger partial charge in [0.15, 0.2) is 11.5 Å². The van der Waals surface area contributed by atoms with Crippen LogP contribution in [0.2, 0.25) is 0 Å². The molecule has 11 heteroatoms. The molecule has 1 aromatic carbocycles. The number of urea groups is 1. The minimum absolute atomic E-state index is 0.0758. The van der Waals surface area contributed by atoms with Gasteiger partial charge in [-0.3, -0.25) is 19.8 Å². The van der Waals surface area contributed by atoms with Crippen LogP contribution in [0.1, 0.15) is 39.1 Å². The molecule has 1 saturated carbocycles. The normalized spacial score (nSPS) is 13.2. The number of benzene rings is 1. The Labute approximate surface area is 140 Å². The molecule has 0 bridgehead atoms. The number of carboxylic acid groups (broad SMARTS) is 1. The maximum absolute atomic E-state index is 12.6. The van der Waals surface area contributed by atoms with Crippen molar-refractivity contribution in [2.45, 2.75) is 25.4 Å². The summed E-state index contributed by atoms with van der Waals surface area (Å²) in [7, 11) is 1.07. The number of amides is 3. The number of carbonyl (C=O) groups is 3. The van der Waals surface area contributed by atoms with Crippen LogP contribution in [0.5, 0.6) is 11.5 Å². The minimum Gasteiger partial charge on any atom is -0.504 e. The van der Waals surface area contributed by atoms with Crippen molar-refractivity contribution in [3.8, 4) is 11.5 Å². The lowest BCUT2D eigenvalue weighted by atomic mass is 9.97. The van der Waals surface area contributed by atoms with Crippen molar-refractivity contribution in [2.24, 2.45) is 0 Å². The van der Waals surface area contributed by atoms with Crippen LogP contribution in [0.25, 0.3) is 0 Å². The Balaban J connectivity index is 2.53. The van der Waals surface area contributed by atoms with Gasteiger partial charge in [0.2, 0.25) is 6.54 Å². The number of phenols is 2. The Kier molecular flexibility index (Phi) is 4.77. The van der Waals surface area contributed by atoms with Gasteiger partial charge < -0.3 is 20.6 Å². The number of nitrogens with zero attached hydrogens (tertiary/aromatic N) is 2. The largest absolute Gasteiger partial charge is 0.504 e. The second-order valence-corrected chi connectivity index (χ2v) is 5.53. The summed E-state index contributed by atoms with van der Waals surface area (Å²) >= 11 is 0. The Morgan fingerprint density at radius 3 is 2.44 bits per heavy atom. The number of phenolic OH excluding ortho intramolecular Hbond substituents is 2. The van der Waals surface area contributed by atoms with E-state index in [1.165, 1.54) is 0 Å². The summed E-state index contributed by atoms with van der Waals surface area (Å²) in [5.74, 6) is -4.71. The summed E-state index contributed by atoms with van der Waals surface area (Å²) in [6, 6.07) is -0.280. The molecule has 0 atom stereocenters. The second-order valence-electron chi connectivity index (χ2n) is 5.53. The summed E-state index contributed by atoms with van der Waals surface area (Å²) in [4.78, 5) is 46.4. The highest BCUT2D eigenvalue weighted by Crippen LogP contribution is 2.35. The second kappa shape index (κ2) is 6.63. The number of imide groups is 1. The zero-order valence-corrected chi connectivity index (χ0v) is 13.1. The maximum Gasteiger partial charge on any atom is 0.336 e. The zero-order valence-electron chi connectivity index (χ0n) is 13.1. The first-order valence-corrected chi connectivity index (χ1v) is 7.15. The third kappa shape index (κ3) is 3.76. The van der Waals surface area contributed by atoms with E-state index in [0.717, 1.165) is 19.9 Å². The topological polar surface area (TPSA) is 170 Å². The van der Waals surface area contributed by atoms with Crippen LogP contribution < -0.4 is 5.32 Å². The lowest BCUT2D eigenvalue weighted by Crippen LogP contribution is -2.42. The molecule has 1 aromatic rings. The van der Waals surface area contributed by atoms with Crippen LogP contribution in [0.3, 0.4) is 0 Å². The van der Waals surface area contributed by atoms with Crippen LogP contribution in [-0.4, -0.2) is 56.1 Å². The maximum atomic E-state index is 12.6. The lowest BCUT2D eigenvalue weighted by molar-refractivity contribution is -0.497. The number of aromatic hydroxyl groups is 2. The number of hydrogen-bond donors (Lipinski definition) is 4. The van der Waals surface area contributed by atoms with E-state index in [2.05, 4.69) is 5.32 Å². The van der Waals surface area contributed by atoms with Gasteiger partial charge in [-0.25, -0.2) is 9.59 Å². The van der Waals surface area contributed by atoms with Crippen LogP contribution >= 0.6 is 0 Å². The molecule has 134 valence electrons. The molecule has 0 saturated heterocycles. The van der Waals surface area contributed by atoms with Crippen LogP contribution in [-0.2, 0) is 6.54 Å². The van der Waals surface area contributed by atoms with Gasteiger partial charge >= 0.3 is 12.0 Å². The molecule has 4 N–H and O–H groups in total. The van der Waals surface area contributed by atoms with Gasteiger partial charge in [-0.1, -0.05) is 0 Å². The molecule has 3 amide bonds. The number of carbonyl (C=O) groups excluding carboxylic acids is 2. The molecule has 0 aliphatic heterocycles. The number of rotatable bonds is 5. The molecule has 11 nitrogen and oxygen atoms in total. The Morgan fingerprint density at radius 1 is 1.36 bits per heavy atom. The summed E-state index contributed by atoms with van der Waals surface area (Å²) in [5, 5.41) is 42.0. The molecule has 2 rings (SSSR count). The third-order valence-electron chi connectivity index (χ3n) is 3.63. The number of nitro groups is 1. The highest BCUT2D eigenvalue weighted by molar-refractivity contribution is 6.11. The first kappa shape index (κ1) is 18.0. The van der Waals surface area contributed by atoms with Crippen molar-refractivity contribution in [3.63, 3.8) is 0 Å². The molecule has 25 heavy (non-hydrogen) atoms. The van der Waals surface area contributed by atoms with Gasteiger partial charge in [0, 0.05) is 18.0 Å². The third-order valence-corrected chi connectivity index (χ3v) is 3.63. The van der Waals surface area contributed by atoms with Crippen molar-refractivity contribution in [1.82, 2.24) is 10.2 Å². The predicted octanol–water partition coefficient (Wildman–Crippen LogP) is 0.517. The Bertz CT molecular complexity index is 772. The van der Waals surface area contributed by atoms with E-state index in [0.29, 0.717) is 11.0 Å². The van der Waals surface area contributed by atoms with Crippen LogP contribution in [0.4, 0.5) is 4.79 Å². The molecule has 0 heterocycles. The van der Waals surface area contributed by atoms with Crippen molar-refractivity contribution in [2.75, 3.05) is 7.05 Å².